The fourth-order valence-corrected chi connectivity index (χ4v) is 0.577. The fourth-order valence-electron chi connectivity index (χ4n) is 0.131. The van der Waals surface area contributed by atoms with Gasteiger partial charge in [-0.1, -0.05) is 0 Å². The van der Waals surface area contributed by atoms with Crippen LogP contribution in [0.1, 0.15) is 0 Å². The first-order valence-corrected chi connectivity index (χ1v) is 3.43. The van der Waals surface area contributed by atoms with E-state index in [1.54, 1.807) is 0 Å². The Hall–Kier alpha value is 0.380. The van der Waals surface area contributed by atoms with E-state index in [1.807, 2.05) is 0 Å². The lowest BCUT2D eigenvalue weighted by Gasteiger charge is -2.09. The molecule has 0 saturated carbocycles. The van der Waals surface area contributed by atoms with Crippen molar-refractivity contribution in [3.63, 3.8) is 0 Å². The van der Waals surface area contributed by atoms with Crippen LogP contribution in [0.25, 0.3) is 0 Å². The second kappa shape index (κ2) is 4.28. The molecule has 50 valence electrons. The van der Waals surface area contributed by atoms with Gasteiger partial charge in [-0.15, -0.1) is 0 Å². The third kappa shape index (κ3) is 4.54. The highest BCUT2D eigenvalue weighted by Crippen LogP contribution is 1.87. The zero-order valence-electron chi connectivity index (χ0n) is 3.94. The lowest BCUT2D eigenvalue weighted by molar-refractivity contribution is 0.231. The largest absolute Gasteiger partial charge is 0.750 e. The summed E-state index contributed by atoms with van der Waals surface area (Å²) in [4.78, 5) is 0. The normalized spacial score (nSPS) is 17.9. The van der Waals surface area contributed by atoms with Gasteiger partial charge in [-0.2, -0.15) is 12.6 Å². The predicted molar refractivity (Wildman–Crippen MR) is 31.8 cm³/mol. The predicted octanol–water partition coefficient (Wildman–Crippen LogP) is -0.988. The first-order chi connectivity index (χ1) is 3.66. The molecule has 0 aliphatic carbocycles. The van der Waals surface area contributed by atoms with Crippen LogP contribution in [-0.2, 0) is 15.5 Å². The SMILES string of the molecule is N[C@@H](CS)OS(=O)[O-]. The van der Waals surface area contributed by atoms with Crippen LogP contribution in [0.2, 0.25) is 0 Å². The minimum Gasteiger partial charge on any atom is -0.750 e. The lowest BCUT2D eigenvalue weighted by atomic mass is 10.7. The molecule has 0 aromatic rings. The Morgan fingerprint density at radius 3 is 2.62 bits per heavy atom. The summed E-state index contributed by atoms with van der Waals surface area (Å²) in [7, 11) is 0. The van der Waals surface area contributed by atoms with Gasteiger partial charge in [0, 0.05) is 5.75 Å². The van der Waals surface area contributed by atoms with Gasteiger partial charge in [-0.3, -0.25) is 4.18 Å². The fraction of sp³-hybridized carbons (Fsp3) is 1.00. The molecule has 0 aliphatic rings. The molecule has 0 radical (unpaired) electrons. The monoisotopic (exact) mass is 156 g/mol. The molecule has 2 atom stereocenters. The summed E-state index contributed by atoms with van der Waals surface area (Å²) < 4.78 is 23.3. The molecule has 0 aromatic carbocycles. The van der Waals surface area contributed by atoms with Crippen LogP contribution in [0.3, 0.4) is 0 Å². The van der Waals surface area contributed by atoms with Gasteiger partial charge in [0.05, 0.1) is 11.4 Å². The second-order valence-corrected chi connectivity index (χ2v) is 1.99. The maximum absolute atomic E-state index is 9.63. The molecule has 0 bridgehead atoms. The number of hydrogen-bond acceptors (Lipinski definition) is 5. The zero-order chi connectivity index (χ0) is 6.57. The van der Waals surface area contributed by atoms with Crippen LogP contribution in [0.5, 0.6) is 0 Å². The number of nitrogens with two attached hydrogens (primary N) is 1. The van der Waals surface area contributed by atoms with Gasteiger partial charge in [0.2, 0.25) is 0 Å². The Kier molecular flexibility index (Phi) is 4.48. The van der Waals surface area contributed by atoms with E-state index in [4.69, 9.17) is 5.73 Å². The highest BCUT2D eigenvalue weighted by Gasteiger charge is 1.96. The van der Waals surface area contributed by atoms with Crippen LogP contribution in [-0.4, -0.2) is 20.7 Å². The van der Waals surface area contributed by atoms with Crippen molar-refractivity contribution in [2.75, 3.05) is 5.75 Å². The van der Waals surface area contributed by atoms with Crippen molar-refractivity contribution in [2.24, 2.45) is 5.73 Å². The molecule has 0 rings (SSSR count). The van der Waals surface area contributed by atoms with Gasteiger partial charge in [-0.25, -0.2) is 4.21 Å². The van der Waals surface area contributed by atoms with Crippen molar-refractivity contribution in [3.8, 4) is 0 Å². The van der Waals surface area contributed by atoms with Crippen LogP contribution in [0.15, 0.2) is 0 Å². The summed E-state index contributed by atoms with van der Waals surface area (Å²) in [6, 6.07) is 0. The van der Waals surface area contributed by atoms with E-state index in [9.17, 15) is 8.76 Å². The van der Waals surface area contributed by atoms with Crippen molar-refractivity contribution in [1.29, 1.82) is 0 Å². The quantitative estimate of drug-likeness (QED) is 0.312. The number of hydrogen-bond donors (Lipinski definition) is 2. The Labute approximate surface area is 55.3 Å². The molecule has 0 heterocycles. The van der Waals surface area contributed by atoms with Gasteiger partial charge < -0.3 is 10.3 Å². The molecule has 0 spiro atoms. The van der Waals surface area contributed by atoms with E-state index < -0.39 is 17.6 Å². The molecular formula is C2H6NO3S2-. The van der Waals surface area contributed by atoms with Crippen molar-refractivity contribution >= 4 is 24.0 Å². The van der Waals surface area contributed by atoms with Crippen LogP contribution in [0, 0.1) is 0 Å². The van der Waals surface area contributed by atoms with Gasteiger partial charge in [0.15, 0.2) is 0 Å². The number of thiol groups is 1. The summed E-state index contributed by atoms with van der Waals surface area (Å²) in [5, 5.41) is 0. The molecule has 8 heavy (non-hydrogen) atoms. The van der Waals surface area contributed by atoms with Gasteiger partial charge in [-0.05, 0) is 0 Å². The summed E-state index contributed by atoms with van der Waals surface area (Å²) >= 11 is 1.15. The van der Waals surface area contributed by atoms with E-state index >= 15 is 0 Å². The topological polar surface area (TPSA) is 75.4 Å². The van der Waals surface area contributed by atoms with E-state index in [0.29, 0.717) is 0 Å². The smallest absolute Gasteiger partial charge is 0.130 e. The Bertz CT molecular complexity index is 87.4. The highest BCUT2D eigenvalue weighted by molar-refractivity contribution is 7.80. The Morgan fingerprint density at radius 2 is 2.50 bits per heavy atom. The molecule has 1 unspecified atom stereocenters. The van der Waals surface area contributed by atoms with Crippen molar-refractivity contribution in [3.05, 3.63) is 0 Å². The summed E-state index contributed by atoms with van der Waals surface area (Å²) in [6.45, 7) is 0. The van der Waals surface area contributed by atoms with Gasteiger partial charge in [0.1, 0.15) is 6.23 Å². The van der Waals surface area contributed by atoms with E-state index in [2.05, 4.69) is 16.8 Å². The number of rotatable bonds is 3. The molecule has 6 heteroatoms. The average molecular weight is 156 g/mol. The summed E-state index contributed by atoms with van der Waals surface area (Å²) in [6.07, 6.45) is -0.823. The standard InChI is InChI=1S/C2H7NO3S2/c3-2(1-7)6-8(4)5/h2,7H,1,3H2,(H,4,5)/p-1/t2-/m1/s1. The van der Waals surface area contributed by atoms with Crippen molar-refractivity contribution in [2.45, 2.75) is 6.23 Å². The van der Waals surface area contributed by atoms with E-state index in [1.165, 1.54) is 0 Å². The molecule has 4 nitrogen and oxygen atoms in total. The second-order valence-electron chi connectivity index (χ2n) is 1.02. The lowest BCUT2D eigenvalue weighted by Crippen LogP contribution is -2.26. The van der Waals surface area contributed by atoms with Gasteiger partial charge >= 0.3 is 0 Å². The van der Waals surface area contributed by atoms with Crippen LogP contribution in [0.4, 0.5) is 0 Å². The molecule has 0 aliphatic heterocycles. The van der Waals surface area contributed by atoms with E-state index in [-0.39, 0.29) is 5.75 Å². The molecule has 2 N–H and O–H groups in total. The Balaban J connectivity index is 3.24. The third-order valence-corrected chi connectivity index (χ3v) is 1.15. The zero-order valence-corrected chi connectivity index (χ0v) is 5.65. The minimum absolute atomic E-state index is 0.188. The van der Waals surface area contributed by atoms with Crippen LogP contribution >= 0.6 is 12.6 Å². The third-order valence-electron chi connectivity index (χ3n) is 0.382. The maximum Gasteiger partial charge on any atom is 0.130 e. The summed E-state index contributed by atoms with van der Waals surface area (Å²) in [5.41, 5.74) is 4.98. The molecule has 0 fully saturated rings. The maximum atomic E-state index is 9.63. The van der Waals surface area contributed by atoms with Crippen LogP contribution < -0.4 is 5.73 Å². The average Bonchev–Trinajstić information content (AvgIpc) is 1.65. The van der Waals surface area contributed by atoms with Crippen molar-refractivity contribution < 1.29 is 12.9 Å². The molecular weight excluding hydrogens is 150 g/mol. The van der Waals surface area contributed by atoms with E-state index in [0.717, 1.165) is 0 Å². The van der Waals surface area contributed by atoms with Gasteiger partial charge in [0.25, 0.3) is 0 Å². The minimum atomic E-state index is -2.52. The first-order valence-electron chi connectivity index (χ1n) is 1.79. The molecule has 0 aromatic heterocycles. The summed E-state index contributed by atoms with van der Waals surface area (Å²) in [5.74, 6) is 0.188. The first kappa shape index (κ1) is 8.38. The molecule has 0 amide bonds. The Morgan fingerprint density at radius 1 is 2.00 bits per heavy atom. The van der Waals surface area contributed by atoms with Crippen molar-refractivity contribution in [1.82, 2.24) is 0 Å². The molecule has 0 saturated heterocycles. The highest BCUT2D eigenvalue weighted by atomic mass is 32.2.